The molecular weight excluding hydrogens is 507 g/mol. The van der Waals surface area contributed by atoms with E-state index in [1.807, 2.05) is 0 Å². The van der Waals surface area contributed by atoms with Crippen molar-refractivity contribution in [3.63, 3.8) is 0 Å². The lowest BCUT2D eigenvalue weighted by Crippen LogP contribution is -2.44. The summed E-state index contributed by atoms with van der Waals surface area (Å²) >= 11 is 18.1. The Kier molecular flexibility index (Phi) is 6.57. The summed E-state index contributed by atoms with van der Waals surface area (Å²) in [5, 5.41) is 10.7. The number of carbonyl (C=O) groups is 3. The minimum Gasteiger partial charge on any atom is -0.478 e. The van der Waals surface area contributed by atoms with Crippen molar-refractivity contribution in [1.82, 2.24) is 10.4 Å². The summed E-state index contributed by atoms with van der Waals surface area (Å²) in [6.07, 6.45) is 1.50. The Morgan fingerprint density at radius 3 is 2.48 bits per heavy atom. The number of benzene rings is 2. The summed E-state index contributed by atoms with van der Waals surface area (Å²) in [4.78, 5) is 36.6. The van der Waals surface area contributed by atoms with Gasteiger partial charge in [0, 0.05) is 22.2 Å². The highest BCUT2D eigenvalue weighted by atomic mass is 35.5. The van der Waals surface area contributed by atoms with E-state index in [4.69, 9.17) is 44.9 Å². The van der Waals surface area contributed by atoms with Gasteiger partial charge in [-0.3, -0.25) is 15.0 Å². The Morgan fingerprint density at radius 1 is 1.09 bits per heavy atom. The van der Waals surface area contributed by atoms with Gasteiger partial charge in [-0.1, -0.05) is 41.0 Å². The van der Waals surface area contributed by atoms with Gasteiger partial charge >= 0.3 is 5.97 Å². The summed E-state index contributed by atoms with van der Waals surface area (Å²) < 4.78 is 5.92. The van der Waals surface area contributed by atoms with Gasteiger partial charge < -0.3 is 9.52 Å². The lowest BCUT2D eigenvalue weighted by atomic mass is 10.1. The Bertz CT molecular complexity index is 1330. The highest BCUT2D eigenvalue weighted by Crippen LogP contribution is 2.33. The first-order valence-electron chi connectivity index (χ1n) is 9.20. The van der Waals surface area contributed by atoms with Crippen LogP contribution in [-0.2, 0) is 4.79 Å². The number of carboxylic acid groups (broad SMARTS) is 1. The minimum absolute atomic E-state index is 0.0171. The van der Waals surface area contributed by atoms with Crippen LogP contribution < -0.4 is 5.43 Å². The highest BCUT2D eigenvalue weighted by molar-refractivity contribution is 8.26. The van der Waals surface area contributed by atoms with Crippen LogP contribution >= 0.6 is 47.2 Å². The zero-order valence-corrected chi connectivity index (χ0v) is 19.5. The number of aromatic carboxylic acids is 1. The first-order valence-corrected chi connectivity index (χ1v) is 11.2. The quantitative estimate of drug-likeness (QED) is 0.339. The highest BCUT2D eigenvalue weighted by Gasteiger charge is 2.34. The molecule has 3 aromatic rings. The van der Waals surface area contributed by atoms with E-state index < -0.39 is 17.8 Å². The molecule has 33 heavy (non-hydrogen) atoms. The number of furan rings is 1. The van der Waals surface area contributed by atoms with Crippen molar-refractivity contribution in [2.75, 3.05) is 0 Å². The molecular formula is C22H12Cl2N2O5S2. The van der Waals surface area contributed by atoms with Crippen LogP contribution in [0.4, 0.5) is 0 Å². The molecule has 1 aliphatic rings. The van der Waals surface area contributed by atoms with Crippen LogP contribution in [0.2, 0.25) is 10.0 Å². The molecule has 11 heteroatoms. The zero-order chi connectivity index (χ0) is 23.7. The zero-order valence-electron chi connectivity index (χ0n) is 16.4. The van der Waals surface area contributed by atoms with Gasteiger partial charge in [-0.2, -0.15) is 5.01 Å². The van der Waals surface area contributed by atoms with Gasteiger partial charge in [0.2, 0.25) is 0 Å². The standard InChI is InChI=1S/C22H12Cl2N2O5S2/c23-13-4-1-11(2-5-13)19(27)25-26-20(28)18(33-22(26)32)10-14-6-8-17(31-14)12-3-7-15(21(29)30)16(24)9-12/h1-10H,(H,25,27)(H,29,30)/b18-10-. The molecule has 166 valence electrons. The van der Waals surface area contributed by atoms with E-state index in [9.17, 15) is 14.4 Å². The van der Waals surface area contributed by atoms with Crippen molar-refractivity contribution in [1.29, 1.82) is 0 Å². The summed E-state index contributed by atoms with van der Waals surface area (Å²) in [6, 6.07) is 14.0. The van der Waals surface area contributed by atoms with Crippen LogP contribution in [0.5, 0.6) is 0 Å². The van der Waals surface area contributed by atoms with Crippen molar-refractivity contribution in [3.8, 4) is 11.3 Å². The number of hydrazine groups is 1. The van der Waals surface area contributed by atoms with E-state index in [0.717, 1.165) is 16.8 Å². The second-order valence-corrected chi connectivity index (χ2v) is 9.19. The largest absolute Gasteiger partial charge is 0.478 e. The Hall–Kier alpha value is -3.11. The maximum atomic E-state index is 12.8. The monoisotopic (exact) mass is 518 g/mol. The molecule has 0 bridgehead atoms. The predicted molar refractivity (Wildman–Crippen MR) is 130 cm³/mol. The number of hydrogen-bond donors (Lipinski definition) is 2. The summed E-state index contributed by atoms with van der Waals surface area (Å²) in [7, 11) is 0. The van der Waals surface area contributed by atoms with Crippen LogP contribution in [0.1, 0.15) is 26.5 Å². The molecule has 0 radical (unpaired) electrons. The molecule has 1 fully saturated rings. The fourth-order valence-corrected chi connectivity index (χ4v) is 4.43. The third-order valence-electron chi connectivity index (χ3n) is 4.50. The number of hydrogen-bond acceptors (Lipinski definition) is 6. The Labute approximate surface area is 206 Å². The molecule has 2 amide bonds. The average Bonchev–Trinajstić information content (AvgIpc) is 3.34. The number of nitrogens with one attached hydrogen (secondary N) is 1. The van der Waals surface area contributed by atoms with Crippen molar-refractivity contribution < 1.29 is 23.9 Å². The smallest absolute Gasteiger partial charge is 0.337 e. The third kappa shape index (κ3) is 4.96. The van der Waals surface area contributed by atoms with Crippen LogP contribution in [0, 0.1) is 0 Å². The van der Waals surface area contributed by atoms with Crippen molar-refractivity contribution in [3.05, 3.63) is 86.4 Å². The molecule has 1 saturated heterocycles. The number of thiocarbonyl (C=S) groups is 1. The molecule has 2 aromatic carbocycles. The lowest BCUT2D eigenvalue weighted by Gasteiger charge is -2.15. The molecule has 2 heterocycles. The summed E-state index contributed by atoms with van der Waals surface area (Å²) in [6.45, 7) is 0. The van der Waals surface area contributed by atoms with Crippen molar-refractivity contribution in [2.24, 2.45) is 0 Å². The second kappa shape index (κ2) is 9.40. The van der Waals surface area contributed by atoms with Crippen molar-refractivity contribution in [2.45, 2.75) is 0 Å². The molecule has 0 unspecified atom stereocenters. The van der Waals surface area contributed by atoms with Gasteiger partial charge in [0.1, 0.15) is 11.5 Å². The van der Waals surface area contributed by atoms with Gasteiger partial charge in [0.05, 0.1) is 15.5 Å². The second-order valence-electron chi connectivity index (χ2n) is 6.67. The third-order valence-corrected chi connectivity index (χ3v) is 6.36. The number of carbonyl (C=O) groups excluding carboxylic acids is 2. The maximum Gasteiger partial charge on any atom is 0.337 e. The van der Waals surface area contributed by atoms with Gasteiger partial charge in [0.25, 0.3) is 11.8 Å². The number of thioether (sulfide) groups is 1. The molecule has 2 N–H and O–H groups in total. The van der Waals surface area contributed by atoms with Gasteiger partial charge in [-0.25, -0.2) is 4.79 Å². The van der Waals surface area contributed by atoms with E-state index in [1.54, 1.807) is 30.3 Å². The molecule has 0 atom stereocenters. The summed E-state index contributed by atoms with van der Waals surface area (Å²) in [5.41, 5.74) is 3.37. The van der Waals surface area contributed by atoms with E-state index in [1.165, 1.54) is 30.3 Å². The van der Waals surface area contributed by atoms with Crippen molar-refractivity contribution >= 4 is 75.4 Å². The number of rotatable bonds is 5. The van der Waals surface area contributed by atoms with Gasteiger partial charge in [-0.15, -0.1) is 0 Å². The van der Waals surface area contributed by atoms with Crippen LogP contribution in [-0.4, -0.2) is 32.2 Å². The van der Waals surface area contributed by atoms with Crippen LogP contribution in [0.3, 0.4) is 0 Å². The van der Waals surface area contributed by atoms with Gasteiger partial charge in [-0.05, 0) is 60.7 Å². The maximum absolute atomic E-state index is 12.8. The SMILES string of the molecule is O=C(NN1C(=O)/C(=C/c2ccc(-c3ccc(C(=O)O)c(Cl)c3)o2)SC1=S)c1ccc(Cl)cc1. The molecule has 7 nitrogen and oxygen atoms in total. The molecule has 4 rings (SSSR count). The Morgan fingerprint density at radius 2 is 1.82 bits per heavy atom. The average molecular weight is 519 g/mol. The van der Waals surface area contributed by atoms with Crippen LogP contribution in [0.15, 0.2) is 63.9 Å². The molecule has 0 saturated carbocycles. The number of carboxylic acids is 1. The minimum atomic E-state index is -1.13. The first kappa shape index (κ1) is 23.1. The van der Waals surface area contributed by atoms with E-state index in [-0.39, 0.29) is 19.8 Å². The predicted octanol–water partition coefficient (Wildman–Crippen LogP) is 5.50. The fraction of sp³-hybridized carbons (Fsp3) is 0. The lowest BCUT2D eigenvalue weighted by molar-refractivity contribution is -0.123. The normalized spacial score (nSPS) is 14.7. The molecule has 1 aromatic heterocycles. The summed E-state index contributed by atoms with van der Waals surface area (Å²) in [5.74, 6) is -1.33. The molecule has 0 spiro atoms. The Balaban J connectivity index is 1.50. The van der Waals surface area contributed by atoms with Gasteiger partial charge in [0.15, 0.2) is 4.32 Å². The van der Waals surface area contributed by atoms with E-state index >= 15 is 0 Å². The number of halogens is 2. The topological polar surface area (TPSA) is 99.9 Å². The number of amides is 2. The van der Waals surface area contributed by atoms with E-state index in [0.29, 0.717) is 27.7 Å². The molecule has 0 aliphatic carbocycles. The van der Waals surface area contributed by atoms with Crippen LogP contribution in [0.25, 0.3) is 17.4 Å². The first-order chi connectivity index (χ1) is 15.7. The van der Waals surface area contributed by atoms with E-state index in [2.05, 4.69) is 5.43 Å². The number of nitrogens with zero attached hydrogens (tertiary/aromatic N) is 1. The fourth-order valence-electron chi connectivity index (χ4n) is 2.89. The molecule has 1 aliphatic heterocycles.